The zero-order valence-electron chi connectivity index (χ0n) is 9.59. The fourth-order valence-corrected chi connectivity index (χ4v) is 2.38. The van der Waals surface area contributed by atoms with Crippen molar-refractivity contribution in [2.24, 2.45) is 0 Å². The maximum absolute atomic E-state index is 13.4. The van der Waals surface area contributed by atoms with Crippen molar-refractivity contribution in [2.75, 3.05) is 0 Å². The molecule has 0 radical (unpaired) electrons. The van der Waals surface area contributed by atoms with Gasteiger partial charge in [-0.15, -0.1) is 0 Å². The second-order valence-electron chi connectivity index (χ2n) is 3.93. The van der Waals surface area contributed by atoms with E-state index >= 15 is 0 Å². The van der Waals surface area contributed by atoms with Gasteiger partial charge in [-0.25, -0.2) is 4.39 Å². The lowest BCUT2D eigenvalue weighted by Gasteiger charge is -2.08. The van der Waals surface area contributed by atoms with Gasteiger partial charge in [-0.2, -0.15) is 0 Å². The predicted octanol–water partition coefficient (Wildman–Crippen LogP) is 4.53. The number of nitrogens with one attached hydrogen (secondary N) is 1. The maximum Gasteiger partial charge on any atom is 0.127 e. The molecule has 94 valence electrons. The summed E-state index contributed by atoms with van der Waals surface area (Å²) in [4.78, 5) is 0. The first kappa shape index (κ1) is 13.5. The van der Waals surface area contributed by atoms with Crippen LogP contribution in [-0.2, 0) is 13.1 Å². The molecular weight excluding hydrogens is 317 g/mol. The van der Waals surface area contributed by atoms with Crippen molar-refractivity contribution in [1.82, 2.24) is 5.32 Å². The van der Waals surface area contributed by atoms with Crippen LogP contribution in [0.5, 0.6) is 0 Å². The van der Waals surface area contributed by atoms with Gasteiger partial charge in [0, 0.05) is 28.1 Å². The number of halogens is 3. The molecule has 4 heteroatoms. The first-order valence-electron chi connectivity index (χ1n) is 5.55. The van der Waals surface area contributed by atoms with Crippen LogP contribution in [0.4, 0.5) is 4.39 Å². The quantitative estimate of drug-likeness (QED) is 0.869. The predicted molar refractivity (Wildman–Crippen MR) is 76.1 cm³/mol. The van der Waals surface area contributed by atoms with Gasteiger partial charge in [0.05, 0.1) is 0 Å². The van der Waals surface area contributed by atoms with Crippen LogP contribution < -0.4 is 5.32 Å². The minimum absolute atomic E-state index is 0.188. The molecule has 1 N–H and O–H groups in total. The average Bonchev–Trinajstić information content (AvgIpc) is 2.34. The zero-order valence-corrected chi connectivity index (χ0v) is 11.9. The summed E-state index contributed by atoms with van der Waals surface area (Å²) in [6, 6.07) is 12.5. The molecule has 2 rings (SSSR count). The van der Waals surface area contributed by atoms with Crippen molar-refractivity contribution in [3.8, 4) is 0 Å². The highest BCUT2D eigenvalue weighted by Gasteiger charge is 2.03. The Labute approximate surface area is 119 Å². The van der Waals surface area contributed by atoms with Gasteiger partial charge in [0.15, 0.2) is 0 Å². The number of hydrogen-bond acceptors (Lipinski definition) is 1. The van der Waals surface area contributed by atoms with Gasteiger partial charge >= 0.3 is 0 Å². The van der Waals surface area contributed by atoms with E-state index in [2.05, 4.69) is 21.2 Å². The lowest BCUT2D eigenvalue weighted by molar-refractivity contribution is 0.588. The van der Waals surface area contributed by atoms with Gasteiger partial charge in [-0.1, -0.05) is 51.8 Å². The molecule has 0 amide bonds. The van der Waals surface area contributed by atoms with E-state index in [9.17, 15) is 4.39 Å². The lowest BCUT2D eigenvalue weighted by Crippen LogP contribution is -2.13. The Morgan fingerprint density at radius 2 is 1.78 bits per heavy atom. The van der Waals surface area contributed by atoms with Gasteiger partial charge in [0.1, 0.15) is 5.82 Å². The largest absolute Gasteiger partial charge is 0.308 e. The molecule has 0 unspecified atom stereocenters. The van der Waals surface area contributed by atoms with Gasteiger partial charge in [-0.3, -0.25) is 0 Å². The van der Waals surface area contributed by atoms with Gasteiger partial charge in [0.25, 0.3) is 0 Å². The summed E-state index contributed by atoms with van der Waals surface area (Å²) in [7, 11) is 0. The third-order valence-corrected chi connectivity index (χ3v) is 3.45. The minimum atomic E-state index is -0.188. The van der Waals surface area contributed by atoms with Gasteiger partial charge in [-0.05, 0) is 23.8 Å². The van der Waals surface area contributed by atoms with E-state index < -0.39 is 0 Å². The molecular formula is C14H12BrClFN. The molecule has 0 aliphatic rings. The molecule has 0 aliphatic carbocycles. The fraction of sp³-hybridized carbons (Fsp3) is 0.143. The molecule has 0 heterocycles. The van der Waals surface area contributed by atoms with Crippen LogP contribution in [0.2, 0.25) is 5.02 Å². The van der Waals surface area contributed by atoms with Crippen LogP contribution in [0, 0.1) is 5.82 Å². The highest BCUT2D eigenvalue weighted by molar-refractivity contribution is 9.10. The van der Waals surface area contributed by atoms with Crippen molar-refractivity contribution in [2.45, 2.75) is 13.1 Å². The highest BCUT2D eigenvalue weighted by Crippen LogP contribution is 2.21. The molecule has 0 saturated heterocycles. The van der Waals surface area contributed by atoms with Gasteiger partial charge < -0.3 is 5.32 Å². The van der Waals surface area contributed by atoms with E-state index in [0.29, 0.717) is 23.7 Å². The number of benzene rings is 2. The summed E-state index contributed by atoms with van der Waals surface area (Å²) >= 11 is 9.45. The van der Waals surface area contributed by atoms with Crippen LogP contribution >= 0.6 is 27.5 Å². The standard InChI is InChI=1S/C14H12BrClFN/c15-12-6-5-10(13(16)7-12)8-18-9-11-3-1-2-4-14(11)17/h1-7,18H,8-9H2. The Morgan fingerprint density at radius 3 is 2.50 bits per heavy atom. The Balaban J connectivity index is 1.95. The molecule has 0 spiro atoms. The van der Waals surface area contributed by atoms with E-state index in [4.69, 9.17) is 11.6 Å². The molecule has 0 saturated carbocycles. The summed E-state index contributed by atoms with van der Waals surface area (Å²) < 4.78 is 14.3. The SMILES string of the molecule is Fc1ccccc1CNCc1ccc(Br)cc1Cl. The van der Waals surface area contributed by atoms with E-state index in [-0.39, 0.29) is 5.82 Å². The Kier molecular flexibility index (Phi) is 4.75. The van der Waals surface area contributed by atoms with Crippen LogP contribution in [0.1, 0.15) is 11.1 Å². The van der Waals surface area contributed by atoms with E-state index in [1.54, 1.807) is 12.1 Å². The van der Waals surface area contributed by atoms with E-state index in [1.165, 1.54) is 6.07 Å². The van der Waals surface area contributed by atoms with Crippen molar-refractivity contribution in [3.63, 3.8) is 0 Å². The second kappa shape index (κ2) is 6.32. The number of hydrogen-bond donors (Lipinski definition) is 1. The minimum Gasteiger partial charge on any atom is -0.308 e. The van der Waals surface area contributed by atoms with Crippen molar-refractivity contribution in [1.29, 1.82) is 0 Å². The first-order chi connectivity index (χ1) is 8.66. The van der Waals surface area contributed by atoms with Crippen molar-refractivity contribution < 1.29 is 4.39 Å². The molecule has 0 fully saturated rings. The molecule has 1 nitrogen and oxygen atoms in total. The topological polar surface area (TPSA) is 12.0 Å². The van der Waals surface area contributed by atoms with Crippen molar-refractivity contribution >= 4 is 27.5 Å². The molecule has 2 aromatic carbocycles. The van der Waals surface area contributed by atoms with Crippen LogP contribution in [0.15, 0.2) is 46.9 Å². The number of rotatable bonds is 4. The molecule has 2 aromatic rings. The maximum atomic E-state index is 13.4. The Hall–Kier alpha value is -0.900. The lowest BCUT2D eigenvalue weighted by atomic mass is 10.2. The smallest absolute Gasteiger partial charge is 0.127 e. The Morgan fingerprint density at radius 1 is 1.06 bits per heavy atom. The van der Waals surface area contributed by atoms with E-state index in [0.717, 1.165) is 10.0 Å². The summed E-state index contributed by atoms with van der Waals surface area (Å²) in [5, 5.41) is 3.88. The summed E-state index contributed by atoms with van der Waals surface area (Å²) in [6.45, 7) is 1.10. The molecule has 0 aromatic heterocycles. The summed E-state index contributed by atoms with van der Waals surface area (Å²) in [5.41, 5.74) is 1.65. The monoisotopic (exact) mass is 327 g/mol. The summed E-state index contributed by atoms with van der Waals surface area (Å²) in [6.07, 6.45) is 0. The zero-order chi connectivity index (χ0) is 13.0. The Bertz CT molecular complexity index is 545. The molecule has 18 heavy (non-hydrogen) atoms. The summed E-state index contributed by atoms with van der Waals surface area (Å²) in [5.74, 6) is -0.188. The van der Waals surface area contributed by atoms with Gasteiger partial charge in [0.2, 0.25) is 0 Å². The van der Waals surface area contributed by atoms with Crippen LogP contribution in [0.3, 0.4) is 0 Å². The van der Waals surface area contributed by atoms with Crippen LogP contribution in [-0.4, -0.2) is 0 Å². The van der Waals surface area contributed by atoms with Crippen molar-refractivity contribution in [3.05, 3.63) is 68.9 Å². The van der Waals surface area contributed by atoms with E-state index in [1.807, 2.05) is 24.3 Å². The molecule has 0 aliphatic heterocycles. The first-order valence-corrected chi connectivity index (χ1v) is 6.72. The average molecular weight is 329 g/mol. The van der Waals surface area contributed by atoms with Crippen LogP contribution in [0.25, 0.3) is 0 Å². The highest BCUT2D eigenvalue weighted by atomic mass is 79.9. The fourth-order valence-electron chi connectivity index (χ4n) is 1.64. The second-order valence-corrected chi connectivity index (χ2v) is 5.25. The normalized spacial score (nSPS) is 10.6. The third-order valence-electron chi connectivity index (χ3n) is 2.60. The third kappa shape index (κ3) is 3.55. The molecule has 0 atom stereocenters. The molecule has 0 bridgehead atoms.